The van der Waals surface area contributed by atoms with E-state index < -0.39 is 0 Å². The summed E-state index contributed by atoms with van der Waals surface area (Å²) in [6.45, 7) is 2.14. The van der Waals surface area contributed by atoms with E-state index in [4.69, 9.17) is 12.2 Å². The second-order valence-corrected chi connectivity index (χ2v) is 5.64. The van der Waals surface area contributed by atoms with Gasteiger partial charge in [0.15, 0.2) is 0 Å². The van der Waals surface area contributed by atoms with Gasteiger partial charge in [0.1, 0.15) is 4.32 Å². The number of nitrogens with zero attached hydrogens (tertiary/aromatic N) is 1. The van der Waals surface area contributed by atoms with Gasteiger partial charge in [-0.05, 0) is 19.1 Å². The highest BCUT2D eigenvalue weighted by atomic mass is 32.2. The predicted octanol–water partition coefficient (Wildman–Crippen LogP) is 1.05. The summed E-state index contributed by atoms with van der Waals surface area (Å²) in [5.74, 6) is 0.0733. The number of aryl methyl sites for hydroxylation is 1. The molecule has 0 radical (unpaired) electrons. The van der Waals surface area contributed by atoms with Gasteiger partial charge in [0.05, 0.1) is 12.4 Å². The summed E-state index contributed by atoms with van der Waals surface area (Å²) in [5.41, 5.74) is 6.89. The normalized spacial score (nSPS) is 14.9. The fraction of sp³-hybridized carbons (Fsp3) is 0.250. The van der Waals surface area contributed by atoms with Crippen LogP contribution in [0.1, 0.15) is 15.9 Å². The van der Waals surface area contributed by atoms with Gasteiger partial charge >= 0.3 is 0 Å². The Labute approximate surface area is 120 Å². The molecule has 0 bridgehead atoms. The molecule has 1 aliphatic rings. The summed E-state index contributed by atoms with van der Waals surface area (Å²) in [6.07, 6.45) is 0. The minimum atomic E-state index is -0.245. The van der Waals surface area contributed by atoms with Gasteiger partial charge in [0.25, 0.3) is 5.91 Å². The molecule has 2 N–H and O–H groups in total. The average Bonchev–Trinajstić information content (AvgIpc) is 2.71. The number of thiocarbonyl (C=S) groups is 1. The second kappa shape index (κ2) is 6.14. The lowest BCUT2D eigenvalue weighted by atomic mass is 10.1. The molecule has 0 atom stereocenters. The zero-order valence-electron chi connectivity index (χ0n) is 10.3. The third kappa shape index (κ3) is 3.52. The minimum absolute atomic E-state index is 0.0490. The standard InChI is InChI=1S/C12H13N3O2S2/c1-8-2-4-9(5-3-8)11(17)14-13-7-15-10(16)6-19-12(15)18/h2-5,13H,6-7H2,1H3,(H,14,17). The van der Waals surface area contributed by atoms with Crippen LogP contribution in [-0.4, -0.2) is 33.5 Å². The maximum atomic E-state index is 11.8. The lowest BCUT2D eigenvalue weighted by molar-refractivity contribution is -0.124. The molecule has 2 rings (SSSR count). The number of thioether (sulfide) groups is 1. The smallest absolute Gasteiger partial charge is 0.265 e. The number of nitrogens with one attached hydrogen (secondary N) is 2. The monoisotopic (exact) mass is 295 g/mol. The maximum absolute atomic E-state index is 11.8. The van der Waals surface area contributed by atoms with Crippen molar-refractivity contribution in [1.82, 2.24) is 15.8 Å². The molecular formula is C12H13N3O2S2. The van der Waals surface area contributed by atoms with E-state index in [1.807, 2.05) is 19.1 Å². The molecule has 0 spiro atoms. The van der Waals surface area contributed by atoms with Crippen molar-refractivity contribution in [3.63, 3.8) is 0 Å². The summed E-state index contributed by atoms with van der Waals surface area (Å²) in [6, 6.07) is 7.22. The first kappa shape index (κ1) is 14.0. The molecular weight excluding hydrogens is 282 g/mol. The molecule has 0 aromatic heterocycles. The number of hydrazine groups is 1. The fourth-order valence-corrected chi connectivity index (χ4v) is 2.58. The summed E-state index contributed by atoms with van der Waals surface area (Å²) in [4.78, 5) is 24.6. The third-order valence-corrected chi connectivity index (χ3v) is 4.03. The average molecular weight is 295 g/mol. The molecule has 1 aliphatic heterocycles. The summed E-state index contributed by atoms with van der Waals surface area (Å²) >= 11 is 6.35. The number of benzene rings is 1. The molecule has 7 heteroatoms. The van der Waals surface area contributed by atoms with Crippen LogP contribution in [0.4, 0.5) is 0 Å². The number of rotatable bonds is 4. The minimum Gasteiger partial charge on any atom is -0.286 e. The van der Waals surface area contributed by atoms with Crippen LogP contribution in [0.3, 0.4) is 0 Å². The fourth-order valence-electron chi connectivity index (χ4n) is 1.51. The van der Waals surface area contributed by atoms with Crippen LogP contribution in [0.2, 0.25) is 0 Å². The molecule has 0 unspecified atom stereocenters. The molecule has 19 heavy (non-hydrogen) atoms. The SMILES string of the molecule is Cc1ccc(C(=O)NNCN2C(=O)CSC2=S)cc1. The van der Waals surface area contributed by atoms with E-state index in [1.165, 1.54) is 16.7 Å². The van der Waals surface area contributed by atoms with Gasteiger partial charge in [0.2, 0.25) is 5.91 Å². The zero-order chi connectivity index (χ0) is 13.8. The van der Waals surface area contributed by atoms with Gasteiger partial charge in [-0.1, -0.05) is 41.7 Å². The Morgan fingerprint density at radius 3 is 2.68 bits per heavy atom. The lowest BCUT2D eigenvalue weighted by Gasteiger charge is -2.16. The van der Waals surface area contributed by atoms with Crippen molar-refractivity contribution in [2.45, 2.75) is 6.92 Å². The zero-order valence-corrected chi connectivity index (χ0v) is 11.9. The van der Waals surface area contributed by atoms with Crippen LogP contribution < -0.4 is 10.9 Å². The van der Waals surface area contributed by atoms with Crippen molar-refractivity contribution < 1.29 is 9.59 Å². The highest BCUT2D eigenvalue weighted by Gasteiger charge is 2.25. The molecule has 2 amide bonds. The Balaban J connectivity index is 1.82. The Hall–Kier alpha value is -1.44. The molecule has 1 saturated heterocycles. The van der Waals surface area contributed by atoms with Gasteiger partial charge < -0.3 is 0 Å². The van der Waals surface area contributed by atoms with Crippen LogP contribution in [0.25, 0.3) is 0 Å². The number of amides is 2. The van der Waals surface area contributed by atoms with Gasteiger partial charge in [-0.3, -0.25) is 19.9 Å². The number of carbonyl (C=O) groups is 2. The molecule has 1 fully saturated rings. The van der Waals surface area contributed by atoms with Crippen LogP contribution in [-0.2, 0) is 4.79 Å². The molecule has 1 aromatic rings. The number of hydrogen-bond donors (Lipinski definition) is 2. The summed E-state index contributed by atoms with van der Waals surface area (Å²) in [7, 11) is 0. The van der Waals surface area contributed by atoms with Crippen molar-refractivity contribution in [3.8, 4) is 0 Å². The van der Waals surface area contributed by atoms with Crippen LogP contribution in [0.5, 0.6) is 0 Å². The van der Waals surface area contributed by atoms with Crippen LogP contribution in [0.15, 0.2) is 24.3 Å². The molecule has 0 saturated carbocycles. The summed E-state index contributed by atoms with van der Waals surface area (Å²) < 4.78 is 0.530. The van der Waals surface area contributed by atoms with Crippen LogP contribution in [0, 0.1) is 6.92 Å². The first-order chi connectivity index (χ1) is 9.08. The van der Waals surface area contributed by atoms with E-state index in [-0.39, 0.29) is 18.5 Å². The Morgan fingerprint density at radius 2 is 2.11 bits per heavy atom. The maximum Gasteiger partial charge on any atom is 0.265 e. The van der Waals surface area contributed by atoms with Crippen molar-refractivity contribution >= 4 is 40.1 Å². The van der Waals surface area contributed by atoms with Gasteiger partial charge in [0, 0.05) is 5.56 Å². The van der Waals surface area contributed by atoms with Crippen molar-refractivity contribution in [3.05, 3.63) is 35.4 Å². The Bertz CT molecular complexity index is 500. The van der Waals surface area contributed by atoms with Crippen molar-refractivity contribution in [1.29, 1.82) is 0 Å². The van der Waals surface area contributed by atoms with Crippen molar-refractivity contribution in [2.24, 2.45) is 0 Å². The second-order valence-electron chi connectivity index (χ2n) is 4.03. The highest BCUT2D eigenvalue weighted by molar-refractivity contribution is 8.23. The van der Waals surface area contributed by atoms with E-state index in [0.717, 1.165) is 5.56 Å². The number of carbonyl (C=O) groups excluding carboxylic acids is 2. The highest BCUT2D eigenvalue weighted by Crippen LogP contribution is 2.17. The van der Waals surface area contributed by atoms with Gasteiger partial charge in [-0.25, -0.2) is 5.43 Å². The molecule has 0 aliphatic carbocycles. The number of hydrogen-bond acceptors (Lipinski definition) is 5. The van der Waals surface area contributed by atoms with E-state index in [2.05, 4.69) is 10.9 Å². The predicted molar refractivity (Wildman–Crippen MR) is 78.5 cm³/mol. The van der Waals surface area contributed by atoms with E-state index in [0.29, 0.717) is 15.6 Å². The first-order valence-corrected chi connectivity index (χ1v) is 7.04. The molecule has 1 aromatic carbocycles. The Morgan fingerprint density at radius 1 is 1.42 bits per heavy atom. The van der Waals surface area contributed by atoms with Crippen molar-refractivity contribution in [2.75, 3.05) is 12.4 Å². The molecule has 100 valence electrons. The topological polar surface area (TPSA) is 61.4 Å². The largest absolute Gasteiger partial charge is 0.286 e. The van der Waals surface area contributed by atoms with Gasteiger partial charge in [-0.2, -0.15) is 0 Å². The molecule has 1 heterocycles. The summed E-state index contributed by atoms with van der Waals surface area (Å²) in [5, 5.41) is 0. The van der Waals surface area contributed by atoms with E-state index in [1.54, 1.807) is 12.1 Å². The van der Waals surface area contributed by atoms with E-state index in [9.17, 15) is 9.59 Å². The first-order valence-electron chi connectivity index (χ1n) is 5.65. The van der Waals surface area contributed by atoms with Crippen LogP contribution >= 0.6 is 24.0 Å². The quantitative estimate of drug-likeness (QED) is 0.642. The Kier molecular flexibility index (Phi) is 4.52. The lowest BCUT2D eigenvalue weighted by Crippen LogP contribution is -2.46. The molecule has 5 nitrogen and oxygen atoms in total. The van der Waals surface area contributed by atoms with E-state index >= 15 is 0 Å². The van der Waals surface area contributed by atoms with Gasteiger partial charge in [-0.15, -0.1) is 0 Å². The third-order valence-electron chi connectivity index (χ3n) is 2.59.